The molecule has 1 aromatic carbocycles. The average molecular weight is 288 g/mol. The first-order valence-corrected chi connectivity index (χ1v) is 6.21. The Balaban J connectivity index is 3.36. The Kier molecular flexibility index (Phi) is 4.41. The molecule has 1 rings (SSSR count). The molecule has 0 aliphatic heterocycles. The molecule has 0 aliphatic rings. The van der Waals surface area contributed by atoms with Crippen molar-refractivity contribution >= 4 is 24.1 Å². The van der Waals surface area contributed by atoms with Crippen LogP contribution >= 0.6 is 0 Å². The summed E-state index contributed by atoms with van der Waals surface area (Å²) in [5.74, 6) is -0.756. The van der Waals surface area contributed by atoms with Crippen LogP contribution in [0.25, 0.3) is 0 Å². The number of hydrogen-bond acceptors (Lipinski definition) is 3. The summed E-state index contributed by atoms with van der Waals surface area (Å²) in [6.07, 6.45) is 0. The van der Waals surface area contributed by atoms with Crippen molar-refractivity contribution in [1.82, 2.24) is 0 Å². The van der Waals surface area contributed by atoms with Crippen LogP contribution < -0.4 is 10.8 Å². The Bertz CT molecular complexity index is 522. The van der Waals surface area contributed by atoms with Gasteiger partial charge in [0.05, 0.1) is 5.56 Å². The highest BCUT2D eigenvalue weighted by Gasteiger charge is 2.30. The lowest BCUT2D eigenvalue weighted by Crippen LogP contribution is -2.38. The van der Waals surface area contributed by atoms with Crippen LogP contribution in [-0.4, -0.2) is 25.6 Å². The van der Waals surface area contributed by atoms with Crippen molar-refractivity contribution in [3.05, 3.63) is 23.3 Å². The summed E-state index contributed by atoms with van der Waals surface area (Å²) in [5, 5.41) is 2.63. The largest absolute Gasteiger partial charge is 0.509 e. The fourth-order valence-corrected chi connectivity index (χ4v) is 1.77. The number of benzene rings is 1. The van der Waals surface area contributed by atoms with Gasteiger partial charge < -0.3 is 23.0 Å². The molecule has 0 amide bonds. The van der Waals surface area contributed by atoms with E-state index in [9.17, 15) is 17.7 Å². The predicted octanol–water partition coefficient (Wildman–Crippen LogP) is 3.05. The predicted molar refractivity (Wildman–Crippen MR) is 74.6 cm³/mol. The minimum absolute atomic E-state index is 0.0685. The van der Waals surface area contributed by atoms with Gasteiger partial charge in [0, 0.05) is 12.7 Å². The molecule has 1 N–H and O–H groups in total. The minimum Gasteiger partial charge on any atom is -0.456 e. The van der Waals surface area contributed by atoms with Crippen molar-refractivity contribution in [2.75, 3.05) is 12.4 Å². The molecule has 0 unspecified atom stereocenters. The van der Waals surface area contributed by atoms with Crippen LogP contribution in [0.15, 0.2) is 12.1 Å². The van der Waals surface area contributed by atoms with Crippen LogP contribution in [0.4, 0.5) is 18.6 Å². The molecular weight excluding hydrogens is 270 g/mol. The van der Waals surface area contributed by atoms with Crippen molar-refractivity contribution in [3.8, 4) is 0 Å². The third-order valence-electron chi connectivity index (χ3n) is 2.71. The number of esters is 1. The standard InChI is InChI=1S/C13H18BF3NO2/c1-8-10(12(19)20-13(2,3)4)6-9(18-5)7-11(8)14(15,16)17/h6-7,18H,1-5H3/q-1. The molecule has 0 heterocycles. The molecule has 1 aromatic rings. The van der Waals surface area contributed by atoms with Crippen molar-refractivity contribution in [1.29, 1.82) is 0 Å². The molecular formula is C13H18BF3NO2-. The molecule has 0 aromatic heterocycles. The third kappa shape index (κ3) is 3.92. The van der Waals surface area contributed by atoms with Gasteiger partial charge in [-0.2, -0.15) is 0 Å². The van der Waals surface area contributed by atoms with Crippen LogP contribution in [-0.2, 0) is 4.74 Å². The molecule has 3 nitrogen and oxygen atoms in total. The molecule has 0 fully saturated rings. The number of rotatable bonds is 3. The maximum Gasteiger partial charge on any atom is 0.509 e. The first-order chi connectivity index (χ1) is 8.95. The summed E-state index contributed by atoms with van der Waals surface area (Å²) < 4.78 is 44.2. The summed E-state index contributed by atoms with van der Waals surface area (Å²) >= 11 is 0. The number of hydrogen-bond donors (Lipinski definition) is 1. The minimum atomic E-state index is -5.19. The monoisotopic (exact) mass is 288 g/mol. The number of carbonyl (C=O) groups excluding carboxylic acids is 1. The van der Waals surface area contributed by atoms with Gasteiger partial charge in [-0.1, -0.05) is 11.6 Å². The second-order valence-electron chi connectivity index (χ2n) is 5.56. The Hall–Kier alpha value is -1.66. The van der Waals surface area contributed by atoms with E-state index in [0.717, 1.165) is 6.07 Å². The van der Waals surface area contributed by atoms with Gasteiger partial charge in [-0.25, -0.2) is 4.79 Å². The molecule has 7 heteroatoms. The van der Waals surface area contributed by atoms with E-state index >= 15 is 0 Å². The van der Waals surface area contributed by atoms with Crippen LogP contribution in [0.5, 0.6) is 0 Å². The molecule has 0 saturated heterocycles. The normalized spacial score (nSPS) is 12.2. The van der Waals surface area contributed by atoms with E-state index in [0.29, 0.717) is 0 Å². The SMILES string of the molecule is CNc1cc(C(=O)OC(C)(C)C)c(C)c([B-](F)(F)F)c1. The van der Waals surface area contributed by atoms with Crippen molar-refractivity contribution in [2.45, 2.75) is 33.3 Å². The first-order valence-electron chi connectivity index (χ1n) is 6.21. The number of anilines is 1. The Morgan fingerprint density at radius 1 is 1.25 bits per heavy atom. The van der Waals surface area contributed by atoms with Crippen LogP contribution in [0.2, 0.25) is 0 Å². The lowest BCUT2D eigenvalue weighted by molar-refractivity contribution is 0.00689. The number of nitrogens with one attached hydrogen (secondary N) is 1. The zero-order valence-corrected chi connectivity index (χ0v) is 12.2. The van der Waals surface area contributed by atoms with Gasteiger partial charge in [0.25, 0.3) is 0 Å². The topological polar surface area (TPSA) is 38.3 Å². The fourth-order valence-electron chi connectivity index (χ4n) is 1.77. The molecule has 0 radical (unpaired) electrons. The second-order valence-corrected chi connectivity index (χ2v) is 5.56. The van der Waals surface area contributed by atoms with Crippen molar-refractivity contribution in [3.63, 3.8) is 0 Å². The van der Waals surface area contributed by atoms with Crippen molar-refractivity contribution in [2.24, 2.45) is 0 Å². The first kappa shape index (κ1) is 16.4. The summed E-state index contributed by atoms with van der Waals surface area (Å²) in [7, 11) is 1.50. The maximum atomic E-state index is 13.0. The molecule has 0 saturated carbocycles. The second kappa shape index (κ2) is 5.38. The lowest BCUT2D eigenvalue weighted by Gasteiger charge is -2.24. The number of ether oxygens (including phenoxy) is 1. The van der Waals surface area contributed by atoms with Crippen molar-refractivity contribution < 1.29 is 22.5 Å². The highest BCUT2D eigenvalue weighted by Crippen LogP contribution is 2.22. The zero-order valence-electron chi connectivity index (χ0n) is 12.2. The third-order valence-corrected chi connectivity index (χ3v) is 2.71. The van der Waals surface area contributed by atoms with Gasteiger partial charge in [0.15, 0.2) is 0 Å². The number of halogens is 3. The van der Waals surface area contributed by atoms with Gasteiger partial charge in [-0.15, -0.1) is 5.46 Å². The molecule has 112 valence electrons. The smallest absolute Gasteiger partial charge is 0.456 e. The van der Waals surface area contributed by atoms with Gasteiger partial charge in [0.1, 0.15) is 5.60 Å². The van der Waals surface area contributed by atoms with Crippen LogP contribution in [0, 0.1) is 6.92 Å². The van der Waals surface area contributed by atoms with E-state index in [2.05, 4.69) is 5.32 Å². The van der Waals surface area contributed by atoms with Crippen LogP contribution in [0.3, 0.4) is 0 Å². The Labute approximate surface area is 116 Å². The Morgan fingerprint density at radius 3 is 2.20 bits per heavy atom. The molecule has 0 bridgehead atoms. The molecule has 0 spiro atoms. The highest BCUT2D eigenvalue weighted by atomic mass is 19.4. The average Bonchev–Trinajstić information content (AvgIpc) is 2.25. The van der Waals surface area contributed by atoms with Crippen LogP contribution in [0.1, 0.15) is 36.7 Å². The molecule has 0 atom stereocenters. The molecule has 0 aliphatic carbocycles. The maximum absolute atomic E-state index is 13.0. The summed E-state index contributed by atoms with van der Waals surface area (Å²) in [4.78, 5) is 12.0. The van der Waals surface area contributed by atoms with Gasteiger partial charge in [0.2, 0.25) is 0 Å². The highest BCUT2D eigenvalue weighted by molar-refractivity contribution is 6.74. The van der Waals surface area contributed by atoms with E-state index in [1.807, 2.05) is 0 Å². The van der Waals surface area contributed by atoms with Gasteiger partial charge in [-0.3, -0.25) is 0 Å². The zero-order chi connectivity index (χ0) is 15.7. The van der Waals surface area contributed by atoms with E-state index in [1.54, 1.807) is 20.8 Å². The summed E-state index contributed by atoms with van der Waals surface area (Å²) in [5.41, 5.74) is -1.49. The fraction of sp³-hybridized carbons (Fsp3) is 0.462. The quantitative estimate of drug-likeness (QED) is 0.686. The molecule has 20 heavy (non-hydrogen) atoms. The van der Waals surface area contributed by atoms with E-state index in [4.69, 9.17) is 4.74 Å². The summed E-state index contributed by atoms with van der Waals surface area (Å²) in [6, 6.07) is 2.37. The lowest BCUT2D eigenvalue weighted by atomic mass is 9.75. The number of carbonyl (C=O) groups is 1. The van der Waals surface area contributed by atoms with E-state index in [1.165, 1.54) is 20.0 Å². The Morgan fingerprint density at radius 2 is 1.80 bits per heavy atom. The summed E-state index contributed by atoms with van der Waals surface area (Å²) in [6.45, 7) is 1.08. The van der Waals surface area contributed by atoms with Gasteiger partial charge in [-0.05, 0) is 33.8 Å². The van der Waals surface area contributed by atoms with E-state index in [-0.39, 0.29) is 16.8 Å². The van der Waals surface area contributed by atoms with Gasteiger partial charge >= 0.3 is 12.9 Å². The van der Waals surface area contributed by atoms with E-state index < -0.39 is 24.0 Å².